The first-order chi connectivity index (χ1) is 14.7. The minimum absolute atomic E-state index is 0.0424. The van der Waals surface area contributed by atoms with E-state index in [0.29, 0.717) is 30.8 Å². The zero-order chi connectivity index (χ0) is 20.8. The van der Waals surface area contributed by atoms with Gasteiger partial charge in [0.05, 0.1) is 12.5 Å². The van der Waals surface area contributed by atoms with Crippen LogP contribution in [0.5, 0.6) is 0 Å². The number of likely N-dealkylation sites (tertiary alicyclic amines) is 2. The maximum Gasteiger partial charge on any atom is 0.235 e. The summed E-state index contributed by atoms with van der Waals surface area (Å²) in [5.41, 5.74) is 1.28. The van der Waals surface area contributed by atoms with Crippen LogP contribution in [-0.4, -0.2) is 63.1 Å². The van der Waals surface area contributed by atoms with Crippen molar-refractivity contribution in [1.82, 2.24) is 30.3 Å². The van der Waals surface area contributed by atoms with Gasteiger partial charge < -0.3 is 9.73 Å². The van der Waals surface area contributed by atoms with E-state index in [1.165, 1.54) is 5.56 Å². The number of carbonyl (C=O) groups excluding carboxylic acids is 1. The van der Waals surface area contributed by atoms with Gasteiger partial charge in [-0.15, -0.1) is 10.2 Å². The number of rotatable bonds is 7. The molecule has 0 spiro atoms. The number of hydrogen-bond donors (Lipinski definition) is 1. The van der Waals surface area contributed by atoms with Crippen LogP contribution in [0.2, 0.25) is 0 Å². The van der Waals surface area contributed by atoms with Crippen LogP contribution in [0, 0.1) is 5.92 Å². The van der Waals surface area contributed by atoms with Gasteiger partial charge in [0.25, 0.3) is 0 Å². The molecule has 1 unspecified atom stereocenters. The van der Waals surface area contributed by atoms with Crippen molar-refractivity contribution in [3.05, 3.63) is 41.9 Å². The number of aryl methyl sites for hydroxylation is 1. The van der Waals surface area contributed by atoms with E-state index in [9.17, 15) is 4.79 Å². The first-order valence-corrected chi connectivity index (χ1v) is 11.2. The van der Waals surface area contributed by atoms with Crippen LogP contribution in [0.4, 0.5) is 0 Å². The lowest BCUT2D eigenvalue weighted by molar-refractivity contribution is -0.127. The van der Waals surface area contributed by atoms with E-state index in [-0.39, 0.29) is 11.8 Å². The Balaban J connectivity index is 1.22. The molecule has 162 valence electrons. The summed E-state index contributed by atoms with van der Waals surface area (Å²) < 4.78 is 5.48. The molecular formula is C22H32N6O2. The number of carbonyl (C=O) groups is 1. The van der Waals surface area contributed by atoms with E-state index < -0.39 is 0 Å². The molecule has 0 bridgehead atoms. The van der Waals surface area contributed by atoms with Crippen LogP contribution in [0.1, 0.15) is 50.0 Å². The maximum absolute atomic E-state index is 12.7. The summed E-state index contributed by atoms with van der Waals surface area (Å²) in [7, 11) is 0. The molecule has 2 aliphatic heterocycles. The van der Waals surface area contributed by atoms with Crippen molar-refractivity contribution in [1.29, 1.82) is 0 Å². The smallest absolute Gasteiger partial charge is 0.235 e. The van der Waals surface area contributed by atoms with Crippen molar-refractivity contribution in [3.63, 3.8) is 0 Å². The average molecular weight is 413 g/mol. The Bertz CT molecular complexity index is 803. The molecule has 4 rings (SSSR count). The molecule has 8 nitrogen and oxygen atoms in total. The molecule has 1 N–H and O–H groups in total. The normalized spacial score (nSPS) is 21.6. The second kappa shape index (κ2) is 10.1. The van der Waals surface area contributed by atoms with Crippen molar-refractivity contribution in [2.45, 2.75) is 58.2 Å². The summed E-state index contributed by atoms with van der Waals surface area (Å²) in [6.45, 7) is 7.41. The molecule has 4 heterocycles. The van der Waals surface area contributed by atoms with Gasteiger partial charge in [-0.1, -0.05) is 13.0 Å². The fourth-order valence-corrected chi connectivity index (χ4v) is 4.55. The van der Waals surface area contributed by atoms with Crippen LogP contribution in [0.15, 0.2) is 28.9 Å². The Morgan fingerprint density at radius 1 is 1.20 bits per heavy atom. The van der Waals surface area contributed by atoms with Gasteiger partial charge in [-0.3, -0.25) is 19.6 Å². The molecule has 2 aliphatic rings. The van der Waals surface area contributed by atoms with E-state index in [4.69, 9.17) is 4.42 Å². The zero-order valence-corrected chi connectivity index (χ0v) is 17.8. The maximum atomic E-state index is 12.7. The highest BCUT2D eigenvalue weighted by Gasteiger charge is 2.31. The van der Waals surface area contributed by atoms with Gasteiger partial charge >= 0.3 is 0 Å². The number of aromatic nitrogens is 3. The monoisotopic (exact) mass is 412 g/mol. The quantitative estimate of drug-likeness (QED) is 0.744. The average Bonchev–Trinajstić information content (AvgIpc) is 3.27. The lowest BCUT2D eigenvalue weighted by Gasteiger charge is -2.42. The number of hydrogen-bond acceptors (Lipinski definition) is 7. The van der Waals surface area contributed by atoms with Gasteiger partial charge in [-0.05, 0) is 56.9 Å². The molecular weight excluding hydrogens is 380 g/mol. The molecule has 0 aromatic carbocycles. The predicted molar refractivity (Wildman–Crippen MR) is 112 cm³/mol. The predicted octanol–water partition coefficient (Wildman–Crippen LogP) is 2.02. The first-order valence-electron chi connectivity index (χ1n) is 11.2. The van der Waals surface area contributed by atoms with Gasteiger partial charge in [0.2, 0.25) is 17.7 Å². The van der Waals surface area contributed by atoms with E-state index in [2.05, 4.69) is 36.4 Å². The molecule has 0 radical (unpaired) electrons. The summed E-state index contributed by atoms with van der Waals surface area (Å²) in [6.07, 6.45) is 8.84. The lowest BCUT2D eigenvalue weighted by atomic mass is 9.93. The van der Waals surface area contributed by atoms with Crippen molar-refractivity contribution < 1.29 is 9.21 Å². The molecule has 0 aliphatic carbocycles. The summed E-state index contributed by atoms with van der Waals surface area (Å²) in [6, 6.07) is 4.72. The van der Waals surface area contributed by atoms with Crippen molar-refractivity contribution in [2.75, 3.05) is 26.2 Å². The van der Waals surface area contributed by atoms with Gasteiger partial charge in [0.1, 0.15) is 0 Å². The SMILES string of the molecule is CCc1nnc(CNC(=O)C2CCCN(C3CCN(Cc4cccnc4)CC3)C2)o1. The molecule has 30 heavy (non-hydrogen) atoms. The van der Waals surface area contributed by atoms with E-state index in [1.54, 1.807) is 0 Å². The Labute approximate surface area is 178 Å². The van der Waals surface area contributed by atoms with Gasteiger partial charge in [-0.2, -0.15) is 0 Å². The third-order valence-corrected chi connectivity index (χ3v) is 6.25. The van der Waals surface area contributed by atoms with Gasteiger partial charge in [0.15, 0.2) is 0 Å². The van der Waals surface area contributed by atoms with Crippen molar-refractivity contribution in [2.24, 2.45) is 5.92 Å². The summed E-state index contributed by atoms with van der Waals surface area (Å²) >= 11 is 0. The topological polar surface area (TPSA) is 87.4 Å². The summed E-state index contributed by atoms with van der Waals surface area (Å²) in [5, 5.41) is 10.9. The standard InChI is InChI=1S/C22H32N6O2/c1-2-20-25-26-21(30-20)14-24-22(29)18-6-4-10-28(16-18)19-7-11-27(12-8-19)15-17-5-3-9-23-13-17/h3,5,9,13,18-19H,2,4,6-8,10-12,14-16H2,1H3,(H,24,29). The van der Waals surface area contributed by atoms with Gasteiger partial charge in [-0.25, -0.2) is 0 Å². The highest BCUT2D eigenvalue weighted by molar-refractivity contribution is 5.78. The van der Waals surface area contributed by atoms with Crippen LogP contribution in [0.25, 0.3) is 0 Å². The fraction of sp³-hybridized carbons (Fsp3) is 0.636. The molecule has 2 fully saturated rings. The number of piperidine rings is 2. The minimum Gasteiger partial charge on any atom is -0.423 e. The van der Waals surface area contributed by atoms with E-state index in [1.807, 2.05) is 25.4 Å². The highest BCUT2D eigenvalue weighted by atomic mass is 16.4. The van der Waals surface area contributed by atoms with Crippen LogP contribution >= 0.6 is 0 Å². The van der Waals surface area contributed by atoms with Gasteiger partial charge in [0, 0.05) is 37.9 Å². The van der Waals surface area contributed by atoms with Crippen LogP contribution in [-0.2, 0) is 24.3 Å². The Kier molecular flexibility index (Phi) is 7.07. The van der Waals surface area contributed by atoms with Crippen molar-refractivity contribution in [3.8, 4) is 0 Å². The molecule has 1 atom stereocenters. The number of amides is 1. The van der Waals surface area contributed by atoms with E-state index >= 15 is 0 Å². The molecule has 2 aromatic rings. The summed E-state index contributed by atoms with van der Waals surface area (Å²) in [4.78, 5) is 22.0. The third kappa shape index (κ3) is 5.43. The Hall–Kier alpha value is -2.32. The zero-order valence-electron chi connectivity index (χ0n) is 17.8. The Morgan fingerprint density at radius 2 is 2.03 bits per heavy atom. The molecule has 1 amide bonds. The molecule has 2 aromatic heterocycles. The highest BCUT2D eigenvalue weighted by Crippen LogP contribution is 2.24. The molecule has 8 heteroatoms. The molecule has 0 saturated carbocycles. The third-order valence-electron chi connectivity index (χ3n) is 6.25. The Morgan fingerprint density at radius 3 is 2.77 bits per heavy atom. The molecule has 2 saturated heterocycles. The lowest BCUT2D eigenvalue weighted by Crippen LogP contribution is -2.50. The second-order valence-electron chi connectivity index (χ2n) is 8.36. The number of nitrogens with one attached hydrogen (secondary N) is 1. The second-order valence-corrected chi connectivity index (χ2v) is 8.36. The van der Waals surface area contributed by atoms with E-state index in [0.717, 1.165) is 58.4 Å². The number of pyridine rings is 1. The summed E-state index contributed by atoms with van der Waals surface area (Å²) in [5.74, 6) is 1.23. The number of nitrogens with zero attached hydrogens (tertiary/aromatic N) is 5. The minimum atomic E-state index is 0.0424. The van der Waals surface area contributed by atoms with Crippen LogP contribution < -0.4 is 5.32 Å². The first kappa shape index (κ1) is 20.9. The van der Waals surface area contributed by atoms with Crippen molar-refractivity contribution >= 4 is 5.91 Å². The van der Waals surface area contributed by atoms with Crippen LogP contribution in [0.3, 0.4) is 0 Å². The fourth-order valence-electron chi connectivity index (χ4n) is 4.55. The largest absolute Gasteiger partial charge is 0.423 e.